The molecule has 1 amide bonds. The van der Waals surface area contributed by atoms with Gasteiger partial charge in [-0.2, -0.15) is 5.26 Å². The van der Waals surface area contributed by atoms with Crippen molar-refractivity contribution in [1.29, 1.82) is 5.26 Å². The van der Waals surface area contributed by atoms with Gasteiger partial charge in [-0.05, 0) is 31.4 Å². The molecule has 0 spiro atoms. The van der Waals surface area contributed by atoms with Gasteiger partial charge in [-0.15, -0.1) is 0 Å². The molecule has 0 aromatic carbocycles. The molecule has 2 rings (SSSR count). The number of amides is 1. The van der Waals surface area contributed by atoms with E-state index in [1.54, 1.807) is 24.1 Å². The number of nitrogens with zero attached hydrogens (tertiary/aromatic N) is 3. The van der Waals surface area contributed by atoms with Gasteiger partial charge < -0.3 is 9.64 Å². The number of likely N-dealkylation sites (N-methyl/N-ethyl adjacent to an activating group) is 1. The van der Waals surface area contributed by atoms with Crippen molar-refractivity contribution in [3.63, 3.8) is 0 Å². The third-order valence-corrected chi connectivity index (χ3v) is 3.21. The molecule has 1 fully saturated rings. The van der Waals surface area contributed by atoms with E-state index in [1.807, 2.05) is 6.07 Å². The van der Waals surface area contributed by atoms with Gasteiger partial charge in [0.25, 0.3) is 5.91 Å². The highest BCUT2D eigenvalue weighted by molar-refractivity contribution is 5.92. The highest BCUT2D eigenvalue weighted by atomic mass is 16.5. The van der Waals surface area contributed by atoms with Crippen LogP contribution in [-0.2, 0) is 4.74 Å². The average Bonchev–Trinajstić information content (AvgIpc) is 2.47. The van der Waals surface area contributed by atoms with Crippen LogP contribution in [0.2, 0.25) is 0 Å². The van der Waals surface area contributed by atoms with Crippen LogP contribution in [-0.4, -0.2) is 42.1 Å². The summed E-state index contributed by atoms with van der Waals surface area (Å²) in [5, 5.41) is 8.69. The number of aromatic nitrogens is 1. The van der Waals surface area contributed by atoms with Crippen LogP contribution >= 0.6 is 0 Å². The Bertz CT molecular complexity index is 472. The van der Waals surface area contributed by atoms with Crippen molar-refractivity contribution in [2.45, 2.75) is 25.4 Å². The molecule has 100 valence electrons. The van der Waals surface area contributed by atoms with Crippen LogP contribution < -0.4 is 0 Å². The summed E-state index contributed by atoms with van der Waals surface area (Å²) in [5.74, 6) is -0.140. The molecule has 1 unspecified atom stereocenters. The van der Waals surface area contributed by atoms with E-state index in [2.05, 4.69) is 4.98 Å². The van der Waals surface area contributed by atoms with Gasteiger partial charge in [-0.1, -0.05) is 0 Å². The largest absolute Gasteiger partial charge is 0.376 e. The van der Waals surface area contributed by atoms with Crippen LogP contribution in [0.3, 0.4) is 0 Å². The van der Waals surface area contributed by atoms with Crippen molar-refractivity contribution in [1.82, 2.24) is 9.88 Å². The highest BCUT2D eigenvalue weighted by Crippen LogP contribution is 2.14. The maximum Gasteiger partial charge on any atom is 0.272 e. The van der Waals surface area contributed by atoms with Gasteiger partial charge in [0.1, 0.15) is 11.8 Å². The zero-order valence-electron chi connectivity index (χ0n) is 11.0. The van der Waals surface area contributed by atoms with Gasteiger partial charge in [0.05, 0.1) is 11.7 Å². The molecule has 0 radical (unpaired) electrons. The van der Waals surface area contributed by atoms with E-state index in [0.717, 1.165) is 25.9 Å². The zero-order valence-corrected chi connectivity index (χ0v) is 11.0. The molecule has 1 aromatic rings. The van der Waals surface area contributed by atoms with Crippen LogP contribution in [0.5, 0.6) is 0 Å². The monoisotopic (exact) mass is 259 g/mol. The van der Waals surface area contributed by atoms with Crippen LogP contribution in [0, 0.1) is 11.3 Å². The summed E-state index contributed by atoms with van der Waals surface area (Å²) in [6, 6.07) is 5.17. The molecular weight excluding hydrogens is 242 g/mol. The fourth-order valence-electron chi connectivity index (χ4n) is 2.12. The third kappa shape index (κ3) is 3.52. The summed E-state index contributed by atoms with van der Waals surface area (Å²) in [7, 11) is 1.75. The second-order valence-corrected chi connectivity index (χ2v) is 4.72. The second-order valence-electron chi connectivity index (χ2n) is 4.72. The minimum absolute atomic E-state index is 0.126. The third-order valence-electron chi connectivity index (χ3n) is 3.21. The normalized spacial score (nSPS) is 18.6. The summed E-state index contributed by atoms with van der Waals surface area (Å²) >= 11 is 0. The van der Waals surface area contributed by atoms with E-state index in [1.165, 1.54) is 6.20 Å². The van der Waals surface area contributed by atoms with E-state index in [0.29, 0.717) is 17.8 Å². The van der Waals surface area contributed by atoms with Crippen molar-refractivity contribution in [3.8, 4) is 6.07 Å². The summed E-state index contributed by atoms with van der Waals surface area (Å²) in [6.45, 7) is 1.36. The molecule has 5 nitrogen and oxygen atoms in total. The number of carbonyl (C=O) groups excluding carboxylic acids is 1. The van der Waals surface area contributed by atoms with Crippen LogP contribution in [0.25, 0.3) is 0 Å². The van der Waals surface area contributed by atoms with Crippen LogP contribution in [0.15, 0.2) is 18.3 Å². The number of rotatable bonds is 3. The van der Waals surface area contributed by atoms with Gasteiger partial charge in [0, 0.05) is 26.4 Å². The Morgan fingerprint density at radius 3 is 3.00 bits per heavy atom. The van der Waals surface area contributed by atoms with E-state index in [9.17, 15) is 4.79 Å². The average molecular weight is 259 g/mol. The minimum atomic E-state index is -0.140. The SMILES string of the molecule is CN(CC1CCCCO1)C(=O)c1ccc(C#N)cn1. The minimum Gasteiger partial charge on any atom is -0.376 e. The first kappa shape index (κ1) is 13.5. The number of ether oxygens (including phenoxy) is 1. The van der Waals surface area contributed by atoms with Crippen LogP contribution in [0.4, 0.5) is 0 Å². The first-order valence-electron chi connectivity index (χ1n) is 6.44. The Labute approximate surface area is 112 Å². The Kier molecular flexibility index (Phi) is 4.48. The van der Waals surface area contributed by atoms with E-state index in [-0.39, 0.29) is 12.0 Å². The van der Waals surface area contributed by atoms with E-state index >= 15 is 0 Å². The fourth-order valence-corrected chi connectivity index (χ4v) is 2.12. The Morgan fingerprint density at radius 2 is 2.42 bits per heavy atom. The van der Waals surface area contributed by atoms with Gasteiger partial charge in [0.2, 0.25) is 0 Å². The second kappa shape index (κ2) is 6.30. The summed E-state index contributed by atoms with van der Waals surface area (Å²) in [5.41, 5.74) is 0.812. The van der Waals surface area contributed by atoms with Crippen molar-refractivity contribution >= 4 is 5.91 Å². The Balaban J connectivity index is 1.95. The molecule has 1 aromatic heterocycles. The molecule has 19 heavy (non-hydrogen) atoms. The van der Waals surface area contributed by atoms with Gasteiger partial charge in [-0.3, -0.25) is 4.79 Å². The molecule has 2 heterocycles. The first-order chi connectivity index (χ1) is 9.20. The summed E-state index contributed by atoms with van der Waals surface area (Å²) < 4.78 is 5.61. The number of hydrogen-bond acceptors (Lipinski definition) is 4. The molecule has 0 bridgehead atoms. The van der Waals surface area contributed by atoms with Gasteiger partial charge >= 0.3 is 0 Å². The first-order valence-corrected chi connectivity index (χ1v) is 6.44. The maximum atomic E-state index is 12.1. The highest BCUT2D eigenvalue weighted by Gasteiger charge is 2.20. The van der Waals surface area contributed by atoms with Crippen molar-refractivity contribution in [3.05, 3.63) is 29.6 Å². The lowest BCUT2D eigenvalue weighted by Gasteiger charge is -2.27. The summed E-state index contributed by atoms with van der Waals surface area (Å²) in [6.07, 6.45) is 4.80. The van der Waals surface area contributed by atoms with E-state index < -0.39 is 0 Å². The number of carbonyl (C=O) groups is 1. The van der Waals surface area contributed by atoms with Crippen LogP contribution in [0.1, 0.15) is 35.3 Å². The quantitative estimate of drug-likeness (QED) is 0.826. The van der Waals surface area contributed by atoms with Gasteiger partial charge in [-0.25, -0.2) is 4.98 Å². The van der Waals surface area contributed by atoms with E-state index in [4.69, 9.17) is 10.00 Å². The topological polar surface area (TPSA) is 66.2 Å². The Morgan fingerprint density at radius 1 is 1.58 bits per heavy atom. The molecule has 0 aliphatic carbocycles. The van der Waals surface area contributed by atoms with Crippen molar-refractivity contribution in [2.75, 3.05) is 20.2 Å². The maximum absolute atomic E-state index is 12.1. The molecule has 1 saturated heterocycles. The molecular formula is C14H17N3O2. The molecule has 0 N–H and O–H groups in total. The molecule has 5 heteroatoms. The summed E-state index contributed by atoms with van der Waals surface area (Å²) in [4.78, 5) is 17.8. The lowest BCUT2D eigenvalue weighted by Crippen LogP contribution is -2.37. The lowest BCUT2D eigenvalue weighted by atomic mass is 10.1. The predicted molar refractivity (Wildman–Crippen MR) is 69.5 cm³/mol. The zero-order chi connectivity index (χ0) is 13.7. The molecule has 0 saturated carbocycles. The van der Waals surface area contributed by atoms with Crippen molar-refractivity contribution in [2.24, 2.45) is 0 Å². The predicted octanol–water partition coefficient (Wildman–Crippen LogP) is 1.59. The molecule has 1 aliphatic heterocycles. The van der Waals surface area contributed by atoms with Crippen molar-refractivity contribution < 1.29 is 9.53 Å². The smallest absolute Gasteiger partial charge is 0.272 e. The fraction of sp³-hybridized carbons (Fsp3) is 0.500. The number of hydrogen-bond donors (Lipinski definition) is 0. The number of pyridine rings is 1. The van der Waals surface area contributed by atoms with Gasteiger partial charge in [0.15, 0.2) is 0 Å². The molecule has 1 atom stereocenters. The molecule has 1 aliphatic rings. The number of nitriles is 1. The Hall–Kier alpha value is -1.93. The standard InChI is InChI=1S/C14H17N3O2/c1-17(10-12-4-2-3-7-19-12)14(18)13-6-5-11(8-15)9-16-13/h5-6,9,12H,2-4,7,10H2,1H3. The lowest BCUT2D eigenvalue weighted by molar-refractivity contribution is -0.000289.